The summed E-state index contributed by atoms with van der Waals surface area (Å²) in [6, 6.07) is 2.16. The van der Waals surface area contributed by atoms with Crippen LogP contribution >= 0.6 is 0 Å². The molecule has 1 aromatic rings. The van der Waals surface area contributed by atoms with Gasteiger partial charge in [-0.15, -0.1) is 0 Å². The van der Waals surface area contributed by atoms with E-state index in [2.05, 4.69) is 5.32 Å². The highest BCUT2D eigenvalue weighted by atomic mass is 19.1. The second kappa shape index (κ2) is 4.91. The van der Waals surface area contributed by atoms with Gasteiger partial charge in [-0.2, -0.15) is 0 Å². The standard InChI is InChI=1S/C14H16FN3O3/c15-9-5-10(16)8(14(20)21)4-11(9)18-3-1-2-7-12(18)6-17-13(7)19/h4-5,7,12H,1-3,6,16H2,(H,17,19)(H,20,21). The number of carbonyl (C=O) groups is 2. The van der Waals surface area contributed by atoms with Gasteiger partial charge in [0, 0.05) is 18.8 Å². The number of nitrogens with two attached hydrogens (primary N) is 1. The first-order valence-electron chi connectivity index (χ1n) is 6.85. The summed E-state index contributed by atoms with van der Waals surface area (Å²) < 4.78 is 14.2. The summed E-state index contributed by atoms with van der Waals surface area (Å²) in [6.45, 7) is 1.05. The van der Waals surface area contributed by atoms with E-state index in [1.54, 1.807) is 4.90 Å². The Bertz CT molecular complexity index is 620. The average Bonchev–Trinajstić information content (AvgIpc) is 2.81. The third-order valence-corrected chi connectivity index (χ3v) is 4.26. The third kappa shape index (κ3) is 2.18. The van der Waals surface area contributed by atoms with Crippen molar-refractivity contribution in [2.45, 2.75) is 18.9 Å². The minimum Gasteiger partial charge on any atom is -0.478 e. The Morgan fingerprint density at radius 2 is 2.24 bits per heavy atom. The molecule has 2 aliphatic heterocycles. The number of halogens is 1. The van der Waals surface area contributed by atoms with Crippen molar-refractivity contribution in [1.29, 1.82) is 0 Å². The maximum Gasteiger partial charge on any atom is 0.337 e. The van der Waals surface area contributed by atoms with Gasteiger partial charge in [0.2, 0.25) is 5.91 Å². The predicted octanol–water partition coefficient (Wildman–Crippen LogP) is 0.821. The molecule has 112 valence electrons. The van der Waals surface area contributed by atoms with Crippen molar-refractivity contribution in [3.63, 3.8) is 0 Å². The van der Waals surface area contributed by atoms with Gasteiger partial charge in [-0.05, 0) is 25.0 Å². The van der Waals surface area contributed by atoms with E-state index in [0.29, 0.717) is 13.1 Å². The Hall–Kier alpha value is -2.31. The van der Waals surface area contributed by atoms with Crippen LogP contribution < -0.4 is 16.0 Å². The predicted molar refractivity (Wildman–Crippen MR) is 74.6 cm³/mol. The van der Waals surface area contributed by atoms with Gasteiger partial charge >= 0.3 is 5.97 Å². The minimum absolute atomic E-state index is 0.0148. The van der Waals surface area contributed by atoms with Crippen LogP contribution in [0.1, 0.15) is 23.2 Å². The van der Waals surface area contributed by atoms with Crippen LogP contribution in [0.25, 0.3) is 0 Å². The zero-order valence-electron chi connectivity index (χ0n) is 11.3. The van der Waals surface area contributed by atoms with Crippen LogP contribution in [-0.2, 0) is 4.79 Å². The Balaban J connectivity index is 2.01. The maximum atomic E-state index is 14.2. The molecular weight excluding hydrogens is 277 g/mol. The number of hydrogen-bond donors (Lipinski definition) is 3. The molecular formula is C14H16FN3O3. The molecule has 7 heteroatoms. The minimum atomic E-state index is -1.19. The van der Waals surface area contributed by atoms with Crippen molar-refractivity contribution in [3.05, 3.63) is 23.5 Å². The molecule has 0 aromatic heterocycles. The number of piperidine rings is 1. The first-order valence-corrected chi connectivity index (χ1v) is 6.85. The van der Waals surface area contributed by atoms with Gasteiger partial charge < -0.3 is 21.1 Å². The summed E-state index contributed by atoms with van der Waals surface area (Å²) in [5.41, 5.74) is 5.53. The smallest absolute Gasteiger partial charge is 0.337 e. The monoisotopic (exact) mass is 293 g/mol. The lowest BCUT2D eigenvalue weighted by Gasteiger charge is -2.38. The van der Waals surface area contributed by atoms with Gasteiger partial charge in [0.05, 0.1) is 23.2 Å². The highest BCUT2D eigenvalue weighted by Gasteiger charge is 2.41. The molecule has 1 amide bonds. The van der Waals surface area contributed by atoms with Crippen LogP contribution in [-0.4, -0.2) is 36.1 Å². The molecule has 2 atom stereocenters. The number of nitrogen functional groups attached to an aromatic ring is 1. The Morgan fingerprint density at radius 1 is 1.48 bits per heavy atom. The topological polar surface area (TPSA) is 95.7 Å². The molecule has 3 rings (SSSR count). The summed E-state index contributed by atoms with van der Waals surface area (Å²) >= 11 is 0. The van der Waals surface area contributed by atoms with Crippen molar-refractivity contribution in [1.82, 2.24) is 5.32 Å². The van der Waals surface area contributed by atoms with Gasteiger partial charge in [-0.3, -0.25) is 4.79 Å². The molecule has 0 aliphatic carbocycles. The summed E-state index contributed by atoms with van der Waals surface area (Å²) in [5.74, 6) is -1.93. The number of carboxylic acid groups (broad SMARTS) is 1. The van der Waals surface area contributed by atoms with Crippen LogP contribution in [0.5, 0.6) is 0 Å². The summed E-state index contributed by atoms with van der Waals surface area (Å²) in [5, 5.41) is 11.9. The van der Waals surface area contributed by atoms with Crippen molar-refractivity contribution < 1.29 is 19.1 Å². The average molecular weight is 293 g/mol. The zero-order chi connectivity index (χ0) is 15.1. The van der Waals surface area contributed by atoms with E-state index in [-0.39, 0.29) is 34.8 Å². The fourth-order valence-electron chi connectivity index (χ4n) is 3.23. The summed E-state index contributed by atoms with van der Waals surface area (Å²) in [4.78, 5) is 24.7. The first kappa shape index (κ1) is 13.7. The van der Waals surface area contributed by atoms with E-state index in [0.717, 1.165) is 18.9 Å². The fourth-order valence-corrected chi connectivity index (χ4v) is 3.23. The van der Waals surface area contributed by atoms with Crippen molar-refractivity contribution in [2.24, 2.45) is 5.92 Å². The number of nitrogens with one attached hydrogen (secondary N) is 1. The summed E-state index contributed by atoms with van der Waals surface area (Å²) in [6.07, 6.45) is 1.54. The second-order valence-electron chi connectivity index (χ2n) is 5.45. The lowest BCUT2D eigenvalue weighted by atomic mass is 9.90. The van der Waals surface area contributed by atoms with E-state index in [1.165, 1.54) is 6.07 Å². The fraction of sp³-hybridized carbons (Fsp3) is 0.429. The number of benzene rings is 1. The van der Waals surface area contributed by atoms with Gasteiger partial charge in [0.15, 0.2) is 0 Å². The van der Waals surface area contributed by atoms with Crippen molar-refractivity contribution in [3.8, 4) is 0 Å². The number of hydrogen-bond acceptors (Lipinski definition) is 4. The Labute approximate surface area is 120 Å². The Kier molecular flexibility index (Phi) is 3.19. The lowest BCUT2D eigenvalue weighted by Crippen LogP contribution is -2.46. The number of carbonyl (C=O) groups excluding carboxylic acids is 1. The van der Waals surface area contributed by atoms with E-state index in [1.807, 2.05) is 0 Å². The molecule has 1 aromatic carbocycles. The largest absolute Gasteiger partial charge is 0.478 e. The van der Waals surface area contributed by atoms with Gasteiger partial charge in [0.1, 0.15) is 5.82 Å². The molecule has 21 heavy (non-hydrogen) atoms. The summed E-state index contributed by atoms with van der Waals surface area (Å²) in [7, 11) is 0. The third-order valence-electron chi connectivity index (χ3n) is 4.26. The molecule has 4 N–H and O–H groups in total. The van der Waals surface area contributed by atoms with Gasteiger partial charge in [-0.1, -0.05) is 0 Å². The Morgan fingerprint density at radius 3 is 2.95 bits per heavy atom. The zero-order valence-corrected chi connectivity index (χ0v) is 11.3. The van der Waals surface area contributed by atoms with Crippen LogP contribution in [0.15, 0.2) is 12.1 Å². The number of rotatable bonds is 2. The second-order valence-corrected chi connectivity index (χ2v) is 5.45. The molecule has 2 heterocycles. The number of nitrogens with zero attached hydrogens (tertiary/aromatic N) is 1. The highest BCUT2D eigenvalue weighted by Crippen LogP contribution is 2.34. The van der Waals surface area contributed by atoms with E-state index < -0.39 is 11.8 Å². The molecule has 0 bridgehead atoms. The number of carboxylic acids is 1. The molecule has 0 saturated carbocycles. The molecule has 6 nitrogen and oxygen atoms in total. The molecule has 0 radical (unpaired) electrons. The van der Waals surface area contributed by atoms with Crippen LogP contribution in [0.3, 0.4) is 0 Å². The van der Waals surface area contributed by atoms with Gasteiger partial charge in [-0.25, -0.2) is 9.18 Å². The van der Waals surface area contributed by atoms with Crippen LogP contribution in [0.2, 0.25) is 0 Å². The van der Waals surface area contributed by atoms with E-state index >= 15 is 0 Å². The molecule has 2 unspecified atom stereocenters. The van der Waals surface area contributed by atoms with Crippen LogP contribution in [0.4, 0.5) is 15.8 Å². The number of aromatic carboxylic acids is 1. The normalized spacial score (nSPS) is 24.6. The quantitative estimate of drug-likeness (QED) is 0.702. The number of anilines is 2. The molecule has 2 saturated heterocycles. The highest BCUT2D eigenvalue weighted by molar-refractivity contribution is 5.95. The molecule has 2 aliphatic rings. The molecule has 0 spiro atoms. The first-order chi connectivity index (χ1) is 9.99. The van der Waals surface area contributed by atoms with Crippen molar-refractivity contribution in [2.75, 3.05) is 23.7 Å². The van der Waals surface area contributed by atoms with Crippen LogP contribution in [0, 0.1) is 11.7 Å². The molecule has 2 fully saturated rings. The lowest BCUT2D eigenvalue weighted by molar-refractivity contribution is -0.123. The SMILES string of the molecule is Nc1cc(F)c(N2CCCC3C(=O)NCC32)cc1C(=O)O. The van der Waals surface area contributed by atoms with E-state index in [4.69, 9.17) is 10.8 Å². The number of fused-ring (bicyclic) bond motifs is 1. The van der Waals surface area contributed by atoms with Gasteiger partial charge in [0.25, 0.3) is 0 Å². The van der Waals surface area contributed by atoms with Crippen molar-refractivity contribution >= 4 is 23.3 Å². The van der Waals surface area contributed by atoms with E-state index in [9.17, 15) is 14.0 Å². The maximum absolute atomic E-state index is 14.2. The number of amides is 1.